The van der Waals surface area contributed by atoms with Crippen LogP contribution < -0.4 is 9.46 Å². The molecule has 1 N–H and O–H groups in total. The van der Waals surface area contributed by atoms with Crippen molar-refractivity contribution in [3.8, 4) is 5.75 Å². The average molecular weight is 363 g/mol. The molecule has 8 heteroatoms. The van der Waals surface area contributed by atoms with E-state index < -0.39 is 15.8 Å². The van der Waals surface area contributed by atoms with Gasteiger partial charge < -0.3 is 9.30 Å². The fraction of sp³-hybridized carbons (Fsp3) is 0.235. The Morgan fingerprint density at radius 3 is 2.60 bits per heavy atom. The number of rotatable bonds is 6. The summed E-state index contributed by atoms with van der Waals surface area (Å²) in [4.78, 5) is 4.55. The molecule has 0 unspecified atom stereocenters. The lowest BCUT2D eigenvalue weighted by Gasteiger charge is -2.07. The minimum Gasteiger partial charge on any atom is -0.497 e. The SMILES string of the molecule is COc1ccc2c(c1)nc(CCNS(=O)(=O)c1ccc(F)cc1)n2C. The number of halogens is 1. The highest BCUT2D eigenvalue weighted by Gasteiger charge is 2.14. The molecule has 0 fully saturated rings. The van der Waals surface area contributed by atoms with Crippen LogP contribution in [0.2, 0.25) is 0 Å². The summed E-state index contributed by atoms with van der Waals surface area (Å²) in [5, 5.41) is 0. The number of ether oxygens (including phenoxy) is 1. The molecule has 6 nitrogen and oxygen atoms in total. The number of benzene rings is 2. The summed E-state index contributed by atoms with van der Waals surface area (Å²) < 4.78 is 46.9. The number of hydrogen-bond donors (Lipinski definition) is 1. The summed E-state index contributed by atoms with van der Waals surface area (Å²) in [5.41, 5.74) is 1.73. The highest BCUT2D eigenvalue weighted by molar-refractivity contribution is 7.89. The molecule has 0 bridgehead atoms. The Labute approximate surface area is 145 Å². The van der Waals surface area contributed by atoms with Gasteiger partial charge in [0.05, 0.1) is 23.0 Å². The predicted molar refractivity (Wildman–Crippen MR) is 92.6 cm³/mol. The maximum atomic E-state index is 12.9. The quantitative estimate of drug-likeness (QED) is 0.729. The number of aromatic nitrogens is 2. The second kappa shape index (κ2) is 6.81. The first kappa shape index (κ1) is 17.4. The third-order valence-corrected chi connectivity index (χ3v) is 5.42. The van der Waals surface area contributed by atoms with Crippen LogP contribution in [0.15, 0.2) is 47.4 Å². The summed E-state index contributed by atoms with van der Waals surface area (Å²) >= 11 is 0. The lowest BCUT2D eigenvalue weighted by molar-refractivity contribution is 0.415. The molecular formula is C17H18FN3O3S. The van der Waals surface area contributed by atoms with E-state index in [9.17, 15) is 12.8 Å². The van der Waals surface area contributed by atoms with Crippen molar-refractivity contribution >= 4 is 21.1 Å². The second-order valence-corrected chi connectivity index (χ2v) is 7.31. The summed E-state index contributed by atoms with van der Waals surface area (Å²) in [6, 6.07) is 10.3. The van der Waals surface area contributed by atoms with E-state index in [1.807, 2.05) is 29.8 Å². The molecule has 1 aromatic heterocycles. The lowest BCUT2D eigenvalue weighted by Crippen LogP contribution is -2.26. The van der Waals surface area contributed by atoms with Crippen LogP contribution in [0.1, 0.15) is 5.82 Å². The molecule has 3 aromatic rings. The van der Waals surface area contributed by atoms with Gasteiger partial charge in [-0.1, -0.05) is 0 Å². The van der Waals surface area contributed by atoms with Gasteiger partial charge in [0.15, 0.2) is 0 Å². The van der Waals surface area contributed by atoms with E-state index in [1.54, 1.807) is 7.11 Å². The molecule has 0 radical (unpaired) electrons. The fourth-order valence-electron chi connectivity index (χ4n) is 2.57. The molecule has 0 aliphatic rings. The van der Waals surface area contributed by atoms with Crippen molar-refractivity contribution in [3.05, 3.63) is 54.1 Å². The van der Waals surface area contributed by atoms with Crippen molar-refractivity contribution in [2.75, 3.05) is 13.7 Å². The number of sulfonamides is 1. The highest BCUT2D eigenvalue weighted by atomic mass is 32.2. The maximum absolute atomic E-state index is 12.9. The monoisotopic (exact) mass is 363 g/mol. The minimum atomic E-state index is -3.67. The Hall–Kier alpha value is -2.45. The van der Waals surface area contributed by atoms with Crippen LogP contribution in [0.25, 0.3) is 11.0 Å². The zero-order valence-electron chi connectivity index (χ0n) is 13.9. The van der Waals surface area contributed by atoms with Crippen molar-refractivity contribution in [1.82, 2.24) is 14.3 Å². The molecule has 3 rings (SSSR count). The van der Waals surface area contributed by atoms with Crippen LogP contribution in [-0.4, -0.2) is 31.6 Å². The van der Waals surface area contributed by atoms with Crippen LogP contribution in [0, 0.1) is 5.82 Å². The van der Waals surface area contributed by atoms with Crippen LogP contribution in [-0.2, 0) is 23.5 Å². The van der Waals surface area contributed by atoms with E-state index in [0.29, 0.717) is 12.2 Å². The second-order valence-electron chi connectivity index (χ2n) is 5.54. The molecule has 0 atom stereocenters. The molecule has 2 aromatic carbocycles. The Bertz CT molecular complexity index is 998. The topological polar surface area (TPSA) is 73.2 Å². The lowest BCUT2D eigenvalue weighted by atomic mass is 10.3. The van der Waals surface area contributed by atoms with Gasteiger partial charge in [-0.25, -0.2) is 22.5 Å². The van der Waals surface area contributed by atoms with Crippen LogP contribution in [0.4, 0.5) is 4.39 Å². The molecule has 0 saturated carbocycles. The smallest absolute Gasteiger partial charge is 0.240 e. The summed E-state index contributed by atoms with van der Waals surface area (Å²) in [6.45, 7) is 0.188. The third kappa shape index (κ3) is 3.64. The van der Waals surface area contributed by atoms with E-state index >= 15 is 0 Å². The van der Waals surface area contributed by atoms with Crippen LogP contribution in [0.3, 0.4) is 0 Å². The largest absolute Gasteiger partial charge is 0.497 e. The van der Waals surface area contributed by atoms with E-state index in [0.717, 1.165) is 29.0 Å². The number of nitrogens with one attached hydrogen (secondary N) is 1. The first-order valence-electron chi connectivity index (χ1n) is 7.65. The van der Waals surface area contributed by atoms with Crippen molar-refractivity contribution in [2.24, 2.45) is 7.05 Å². The van der Waals surface area contributed by atoms with Crippen molar-refractivity contribution in [1.29, 1.82) is 0 Å². The van der Waals surface area contributed by atoms with Crippen molar-refractivity contribution in [3.63, 3.8) is 0 Å². The first-order chi connectivity index (χ1) is 11.9. The summed E-state index contributed by atoms with van der Waals surface area (Å²) in [5.74, 6) is 0.994. The molecule has 0 amide bonds. The Kier molecular flexibility index (Phi) is 4.73. The summed E-state index contributed by atoms with van der Waals surface area (Å²) in [6.07, 6.45) is 0.425. The Morgan fingerprint density at radius 2 is 1.92 bits per heavy atom. The van der Waals surface area contributed by atoms with Gasteiger partial charge in [0, 0.05) is 26.1 Å². The number of methoxy groups -OCH3 is 1. The van der Waals surface area contributed by atoms with Gasteiger partial charge in [0.2, 0.25) is 10.0 Å². The van der Waals surface area contributed by atoms with E-state index in [4.69, 9.17) is 4.74 Å². The van der Waals surface area contributed by atoms with Gasteiger partial charge in [-0.05, 0) is 36.4 Å². The molecule has 0 saturated heterocycles. The van der Waals surface area contributed by atoms with E-state index in [-0.39, 0.29) is 11.4 Å². The van der Waals surface area contributed by atoms with Gasteiger partial charge >= 0.3 is 0 Å². The van der Waals surface area contributed by atoms with Gasteiger partial charge in [0.25, 0.3) is 0 Å². The molecule has 0 aliphatic heterocycles. The molecule has 25 heavy (non-hydrogen) atoms. The van der Waals surface area contributed by atoms with Crippen LogP contribution in [0.5, 0.6) is 5.75 Å². The maximum Gasteiger partial charge on any atom is 0.240 e. The molecular weight excluding hydrogens is 345 g/mol. The fourth-order valence-corrected chi connectivity index (χ4v) is 3.61. The Morgan fingerprint density at radius 1 is 1.20 bits per heavy atom. The predicted octanol–water partition coefficient (Wildman–Crippen LogP) is 2.24. The highest BCUT2D eigenvalue weighted by Crippen LogP contribution is 2.21. The number of nitrogens with zero attached hydrogens (tertiary/aromatic N) is 2. The summed E-state index contributed by atoms with van der Waals surface area (Å²) in [7, 11) is -0.201. The minimum absolute atomic E-state index is 0.0311. The van der Waals surface area contributed by atoms with Gasteiger partial charge in [-0.15, -0.1) is 0 Å². The first-order valence-corrected chi connectivity index (χ1v) is 9.13. The number of aryl methyl sites for hydroxylation is 1. The van der Waals surface area contributed by atoms with E-state index in [1.165, 1.54) is 12.1 Å². The molecule has 0 aliphatic carbocycles. The van der Waals surface area contributed by atoms with Gasteiger partial charge in [-0.2, -0.15) is 0 Å². The molecule has 0 spiro atoms. The normalized spacial score (nSPS) is 11.8. The van der Waals surface area contributed by atoms with Crippen molar-refractivity contribution < 1.29 is 17.5 Å². The third-order valence-electron chi connectivity index (χ3n) is 3.95. The van der Waals surface area contributed by atoms with Gasteiger partial charge in [-0.3, -0.25) is 0 Å². The molecule has 132 valence electrons. The zero-order chi connectivity index (χ0) is 18.0. The number of fused-ring (bicyclic) bond motifs is 1. The number of hydrogen-bond acceptors (Lipinski definition) is 4. The van der Waals surface area contributed by atoms with Crippen molar-refractivity contribution in [2.45, 2.75) is 11.3 Å². The molecule has 1 heterocycles. The van der Waals surface area contributed by atoms with E-state index in [2.05, 4.69) is 9.71 Å². The van der Waals surface area contributed by atoms with Crippen LogP contribution >= 0.6 is 0 Å². The van der Waals surface area contributed by atoms with Gasteiger partial charge in [0.1, 0.15) is 17.4 Å². The average Bonchev–Trinajstić information content (AvgIpc) is 2.90. The zero-order valence-corrected chi connectivity index (χ0v) is 14.7. The Balaban J connectivity index is 1.72. The number of imidazole rings is 1. The standard InChI is InChI=1S/C17H18FN3O3S/c1-21-16-8-5-13(24-2)11-15(16)20-17(21)9-10-19-25(22,23)14-6-3-12(18)4-7-14/h3-8,11,19H,9-10H2,1-2H3.